The molecule has 1 saturated carbocycles. The largest absolute Gasteiger partial charge is 0.474 e. The van der Waals surface area contributed by atoms with Crippen molar-refractivity contribution in [3.63, 3.8) is 0 Å². The number of rotatable bonds is 4. The monoisotopic (exact) mass is 251 g/mol. The Balaban J connectivity index is 2.10. The summed E-state index contributed by atoms with van der Waals surface area (Å²) in [6.45, 7) is 2.29. The van der Waals surface area contributed by atoms with E-state index in [2.05, 4.69) is 4.98 Å². The highest BCUT2D eigenvalue weighted by Crippen LogP contribution is 2.29. The second kappa shape index (κ2) is 5.30. The number of pyridine rings is 1. The summed E-state index contributed by atoms with van der Waals surface area (Å²) in [6.07, 6.45) is 4.49. The Bertz CT molecular complexity index is 450. The Morgan fingerprint density at radius 2 is 2.39 bits per heavy atom. The third-order valence-electron chi connectivity index (χ3n) is 3.42. The SMILES string of the molecule is Cc1cc(OC2CCCC2CN)ncc1[N+](=O)[O-]. The summed E-state index contributed by atoms with van der Waals surface area (Å²) in [4.78, 5) is 14.2. The lowest BCUT2D eigenvalue weighted by Gasteiger charge is -2.19. The summed E-state index contributed by atoms with van der Waals surface area (Å²) in [5.41, 5.74) is 6.26. The van der Waals surface area contributed by atoms with Crippen molar-refractivity contribution in [3.05, 3.63) is 27.9 Å². The molecule has 0 radical (unpaired) electrons. The van der Waals surface area contributed by atoms with Gasteiger partial charge in [0.1, 0.15) is 12.3 Å². The van der Waals surface area contributed by atoms with Gasteiger partial charge in [-0.15, -0.1) is 0 Å². The molecule has 0 aromatic carbocycles. The molecule has 1 fully saturated rings. The van der Waals surface area contributed by atoms with Gasteiger partial charge in [-0.2, -0.15) is 0 Å². The third-order valence-corrected chi connectivity index (χ3v) is 3.42. The molecule has 0 saturated heterocycles. The van der Waals surface area contributed by atoms with E-state index in [9.17, 15) is 10.1 Å². The van der Waals surface area contributed by atoms with Crippen LogP contribution in [-0.2, 0) is 0 Å². The molecule has 6 nitrogen and oxygen atoms in total. The normalized spacial score (nSPS) is 23.0. The number of hydrogen-bond acceptors (Lipinski definition) is 5. The minimum absolute atomic E-state index is 0.0177. The highest BCUT2D eigenvalue weighted by atomic mass is 16.6. The molecule has 2 N–H and O–H groups in total. The number of nitrogens with zero attached hydrogens (tertiary/aromatic N) is 2. The Morgan fingerprint density at radius 3 is 3.00 bits per heavy atom. The molecular weight excluding hydrogens is 234 g/mol. The van der Waals surface area contributed by atoms with Gasteiger partial charge in [0.2, 0.25) is 5.88 Å². The molecule has 0 aliphatic heterocycles. The average molecular weight is 251 g/mol. The molecule has 0 bridgehead atoms. The number of hydrogen-bond donors (Lipinski definition) is 1. The Labute approximate surface area is 105 Å². The fourth-order valence-electron chi connectivity index (χ4n) is 2.36. The van der Waals surface area contributed by atoms with Crippen molar-refractivity contribution < 1.29 is 9.66 Å². The summed E-state index contributed by atoms with van der Waals surface area (Å²) in [5, 5.41) is 10.7. The average Bonchev–Trinajstić information content (AvgIpc) is 2.76. The van der Waals surface area contributed by atoms with Crippen LogP contribution in [0.5, 0.6) is 5.88 Å². The van der Waals surface area contributed by atoms with Gasteiger partial charge in [-0.05, 0) is 32.7 Å². The van der Waals surface area contributed by atoms with E-state index in [1.807, 2.05) is 0 Å². The van der Waals surface area contributed by atoms with Gasteiger partial charge in [0, 0.05) is 17.5 Å². The Kier molecular flexibility index (Phi) is 3.76. The maximum atomic E-state index is 10.7. The number of nitro groups is 1. The summed E-state index contributed by atoms with van der Waals surface area (Å²) in [5.74, 6) is 0.811. The first-order valence-corrected chi connectivity index (χ1v) is 6.09. The van der Waals surface area contributed by atoms with Crippen LogP contribution in [0.15, 0.2) is 12.3 Å². The predicted molar refractivity (Wildman–Crippen MR) is 66.4 cm³/mol. The van der Waals surface area contributed by atoms with E-state index in [0.29, 0.717) is 23.9 Å². The number of aromatic nitrogens is 1. The lowest BCUT2D eigenvalue weighted by Crippen LogP contribution is -2.27. The van der Waals surface area contributed by atoms with E-state index < -0.39 is 4.92 Å². The van der Waals surface area contributed by atoms with Crippen LogP contribution in [0.3, 0.4) is 0 Å². The predicted octanol–water partition coefficient (Wildman–Crippen LogP) is 1.80. The molecular formula is C12H17N3O3. The Morgan fingerprint density at radius 1 is 1.61 bits per heavy atom. The molecule has 1 aliphatic carbocycles. The maximum Gasteiger partial charge on any atom is 0.290 e. The number of nitrogens with two attached hydrogens (primary N) is 1. The van der Waals surface area contributed by atoms with Crippen molar-refractivity contribution in [2.24, 2.45) is 11.7 Å². The van der Waals surface area contributed by atoms with Crippen molar-refractivity contribution in [2.75, 3.05) is 6.54 Å². The van der Waals surface area contributed by atoms with Crippen LogP contribution in [0.4, 0.5) is 5.69 Å². The molecule has 6 heteroatoms. The highest BCUT2D eigenvalue weighted by Gasteiger charge is 2.28. The smallest absolute Gasteiger partial charge is 0.290 e. The topological polar surface area (TPSA) is 91.3 Å². The van der Waals surface area contributed by atoms with Crippen LogP contribution in [0.2, 0.25) is 0 Å². The molecule has 0 spiro atoms. The fraction of sp³-hybridized carbons (Fsp3) is 0.583. The molecule has 1 heterocycles. The second-order valence-corrected chi connectivity index (χ2v) is 4.65. The van der Waals surface area contributed by atoms with E-state index in [1.54, 1.807) is 13.0 Å². The molecule has 1 aliphatic rings. The van der Waals surface area contributed by atoms with Crippen LogP contribution >= 0.6 is 0 Å². The van der Waals surface area contributed by atoms with Gasteiger partial charge in [-0.1, -0.05) is 0 Å². The van der Waals surface area contributed by atoms with Crippen LogP contribution < -0.4 is 10.5 Å². The lowest BCUT2D eigenvalue weighted by molar-refractivity contribution is -0.385. The third kappa shape index (κ3) is 2.59. The van der Waals surface area contributed by atoms with E-state index in [1.165, 1.54) is 6.20 Å². The number of ether oxygens (including phenoxy) is 1. The maximum absolute atomic E-state index is 10.7. The summed E-state index contributed by atoms with van der Waals surface area (Å²) >= 11 is 0. The minimum atomic E-state index is -0.440. The van der Waals surface area contributed by atoms with Crippen LogP contribution in [0, 0.1) is 23.0 Å². The van der Waals surface area contributed by atoms with E-state index in [-0.39, 0.29) is 11.8 Å². The highest BCUT2D eigenvalue weighted by molar-refractivity contribution is 5.39. The first-order chi connectivity index (χ1) is 8.61. The molecule has 2 atom stereocenters. The fourth-order valence-corrected chi connectivity index (χ4v) is 2.36. The van der Waals surface area contributed by atoms with Crippen LogP contribution in [-0.4, -0.2) is 22.6 Å². The quantitative estimate of drug-likeness (QED) is 0.650. The standard InChI is InChI=1S/C12H17N3O3/c1-8-5-12(14-7-10(8)15(16)17)18-11-4-2-3-9(11)6-13/h5,7,9,11H,2-4,6,13H2,1H3. The summed E-state index contributed by atoms with van der Waals surface area (Å²) in [6, 6.07) is 1.62. The molecule has 1 aromatic heterocycles. The van der Waals surface area contributed by atoms with Crippen LogP contribution in [0.25, 0.3) is 0 Å². The molecule has 18 heavy (non-hydrogen) atoms. The molecule has 2 rings (SSSR count). The second-order valence-electron chi connectivity index (χ2n) is 4.65. The lowest BCUT2D eigenvalue weighted by atomic mass is 10.1. The summed E-state index contributed by atoms with van der Waals surface area (Å²) in [7, 11) is 0. The zero-order chi connectivity index (χ0) is 13.1. The first-order valence-electron chi connectivity index (χ1n) is 6.09. The van der Waals surface area contributed by atoms with Crippen molar-refractivity contribution in [2.45, 2.75) is 32.3 Å². The molecule has 2 unspecified atom stereocenters. The van der Waals surface area contributed by atoms with Crippen LogP contribution in [0.1, 0.15) is 24.8 Å². The van der Waals surface area contributed by atoms with Gasteiger partial charge in [0.15, 0.2) is 0 Å². The zero-order valence-electron chi connectivity index (χ0n) is 10.3. The van der Waals surface area contributed by atoms with Gasteiger partial charge in [0.05, 0.1) is 4.92 Å². The minimum Gasteiger partial charge on any atom is -0.474 e. The van der Waals surface area contributed by atoms with Crippen molar-refractivity contribution in [1.29, 1.82) is 0 Å². The van der Waals surface area contributed by atoms with Crippen molar-refractivity contribution in [1.82, 2.24) is 4.98 Å². The van der Waals surface area contributed by atoms with E-state index >= 15 is 0 Å². The van der Waals surface area contributed by atoms with Gasteiger partial charge in [-0.25, -0.2) is 4.98 Å². The van der Waals surface area contributed by atoms with Gasteiger partial charge in [0.25, 0.3) is 5.69 Å². The molecule has 0 amide bonds. The Hall–Kier alpha value is -1.69. The summed E-state index contributed by atoms with van der Waals surface area (Å²) < 4.78 is 5.78. The van der Waals surface area contributed by atoms with Crippen molar-refractivity contribution >= 4 is 5.69 Å². The molecule has 1 aromatic rings. The first kappa shape index (κ1) is 12.8. The van der Waals surface area contributed by atoms with Crippen molar-refractivity contribution in [3.8, 4) is 5.88 Å². The zero-order valence-corrected chi connectivity index (χ0v) is 10.3. The van der Waals surface area contributed by atoms with E-state index in [0.717, 1.165) is 19.3 Å². The van der Waals surface area contributed by atoms with Gasteiger partial charge >= 0.3 is 0 Å². The number of aryl methyl sites for hydroxylation is 1. The molecule has 98 valence electrons. The van der Waals surface area contributed by atoms with Gasteiger partial charge < -0.3 is 10.5 Å². The van der Waals surface area contributed by atoms with Gasteiger partial charge in [-0.3, -0.25) is 10.1 Å². The van der Waals surface area contributed by atoms with E-state index in [4.69, 9.17) is 10.5 Å².